The van der Waals surface area contributed by atoms with Gasteiger partial charge in [-0.25, -0.2) is 8.42 Å². The molecule has 0 unspecified atom stereocenters. The molecule has 0 N–H and O–H groups in total. The number of piperazine rings is 1. The second-order valence-corrected chi connectivity index (χ2v) is 9.08. The molecule has 1 heterocycles. The van der Waals surface area contributed by atoms with Crippen LogP contribution < -0.4 is 4.31 Å². The van der Waals surface area contributed by atoms with E-state index in [-0.39, 0.29) is 17.3 Å². The largest absolute Gasteiger partial charge is 0.342 e. The molecule has 1 saturated heterocycles. The van der Waals surface area contributed by atoms with Crippen molar-refractivity contribution in [3.8, 4) is 0 Å². The molecule has 0 aromatic heterocycles. The van der Waals surface area contributed by atoms with Gasteiger partial charge in [-0.1, -0.05) is 35.9 Å². The SMILES string of the molecule is Cc1ccc(Cl)cc1N(CC(=O)N1CCN(C=O)CC1)S(=O)(=O)c1ccccc1. The van der Waals surface area contributed by atoms with E-state index in [4.69, 9.17) is 11.6 Å². The predicted molar refractivity (Wildman–Crippen MR) is 111 cm³/mol. The molecule has 0 aliphatic carbocycles. The Morgan fingerprint density at radius 2 is 1.76 bits per heavy atom. The molecule has 0 bridgehead atoms. The highest BCUT2D eigenvalue weighted by Crippen LogP contribution is 2.29. The number of benzene rings is 2. The maximum atomic E-state index is 13.4. The Labute approximate surface area is 175 Å². The molecule has 0 atom stereocenters. The van der Waals surface area contributed by atoms with Crippen LogP contribution in [0.5, 0.6) is 0 Å². The van der Waals surface area contributed by atoms with Crippen LogP contribution in [0.25, 0.3) is 0 Å². The summed E-state index contributed by atoms with van der Waals surface area (Å²) < 4.78 is 27.9. The molecule has 2 amide bonds. The summed E-state index contributed by atoms with van der Waals surface area (Å²) in [6.45, 7) is 3.01. The highest BCUT2D eigenvalue weighted by Gasteiger charge is 2.31. The van der Waals surface area contributed by atoms with Crippen LogP contribution in [-0.2, 0) is 19.6 Å². The lowest BCUT2D eigenvalue weighted by atomic mass is 10.2. The summed E-state index contributed by atoms with van der Waals surface area (Å²) in [6.07, 6.45) is 0.753. The lowest BCUT2D eigenvalue weighted by Gasteiger charge is -2.34. The van der Waals surface area contributed by atoms with Gasteiger partial charge in [0.05, 0.1) is 10.6 Å². The van der Waals surface area contributed by atoms with E-state index in [2.05, 4.69) is 0 Å². The van der Waals surface area contributed by atoms with Gasteiger partial charge in [0.25, 0.3) is 10.0 Å². The molecule has 1 aliphatic rings. The highest BCUT2D eigenvalue weighted by molar-refractivity contribution is 7.92. The fraction of sp³-hybridized carbons (Fsp3) is 0.300. The number of hydrogen-bond acceptors (Lipinski definition) is 4. The average Bonchev–Trinajstić information content (AvgIpc) is 2.74. The van der Waals surface area contributed by atoms with Crippen LogP contribution in [0, 0.1) is 6.92 Å². The van der Waals surface area contributed by atoms with Crippen LogP contribution in [-0.4, -0.2) is 63.3 Å². The maximum absolute atomic E-state index is 13.4. The summed E-state index contributed by atoms with van der Waals surface area (Å²) in [5, 5.41) is 0.380. The molecule has 7 nitrogen and oxygen atoms in total. The lowest BCUT2D eigenvalue weighted by Crippen LogP contribution is -2.51. The molecule has 1 fully saturated rings. The Balaban J connectivity index is 1.95. The van der Waals surface area contributed by atoms with Crippen molar-refractivity contribution in [2.45, 2.75) is 11.8 Å². The van der Waals surface area contributed by atoms with E-state index in [0.717, 1.165) is 10.7 Å². The van der Waals surface area contributed by atoms with Gasteiger partial charge in [0, 0.05) is 31.2 Å². The molecule has 3 rings (SSSR count). The first kappa shape index (κ1) is 21.1. The Bertz CT molecular complexity index is 990. The molecule has 2 aromatic rings. The summed E-state index contributed by atoms with van der Waals surface area (Å²) in [5.74, 6) is -0.325. The highest BCUT2D eigenvalue weighted by atomic mass is 35.5. The Kier molecular flexibility index (Phi) is 6.44. The topological polar surface area (TPSA) is 78.0 Å². The zero-order chi connectivity index (χ0) is 21.0. The van der Waals surface area contributed by atoms with Gasteiger partial charge < -0.3 is 9.80 Å². The third-order valence-electron chi connectivity index (χ3n) is 4.87. The van der Waals surface area contributed by atoms with Crippen LogP contribution in [0.1, 0.15) is 5.56 Å². The van der Waals surface area contributed by atoms with Gasteiger partial charge in [-0.3, -0.25) is 13.9 Å². The summed E-state index contributed by atoms with van der Waals surface area (Å²) >= 11 is 6.12. The van der Waals surface area contributed by atoms with E-state index in [9.17, 15) is 18.0 Å². The summed E-state index contributed by atoms with van der Waals surface area (Å²) in [4.78, 5) is 27.1. The number of carbonyl (C=O) groups is 2. The zero-order valence-electron chi connectivity index (χ0n) is 16.0. The molecule has 0 radical (unpaired) electrons. The summed E-state index contributed by atoms with van der Waals surface area (Å²) in [7, 11) is -3.98. The van der Waals surface area contributed by atoms with Crippen molar-refractivity contribution in [3.63, 3.8) is 0 Å². The van der Waals surface area contributed by atoms with Crippen LogP contribution in [0.2, 0.25) is 5.02 Å². The van der Waals surface area contributed by atoms with Gasteiger partial charge in [-0.15, -0.1) is 0 Å². The smallest absolute Gasteiger partial charge is 0.264 e. The number of anilines is 1. The van der Waals surface area contributed by atoms with E-state index in [1.165, 1.54) is 12.1 Å². The van der Waals surface area contributed by atoms with Gasteiger partial charge in [0.2, 0.25) is 12.3 Å². The average molecular weight is 436 g/mol. The van der Waals surface area contributed by atoms with E-state index >= 15 is 0 Å². The monoisotopic (exact) mass is 435 g/mol. The molecule has 0 saturated carbocycles. The number of carbonyl (C=O) groups excluding carboxylic acids is 2. The van der Waals surface area contributed by atoms with Crippen molar-refractivity contribution in [1.29, 1.82) is 0 Å². The molecule has 9 heteroatoms. The first-order chi connectivity index (χ1) is 13.8. The van der Waals surface area contributed by atoms with E-state index in [1.54, 1.807) is 53.1 Å². The molecular weight excluding hydrogens is 414 g/mol. The standard InChI is InChI=1S/C20H22ClN3O4S/c1-16-7-8-17(21)13-19(16)24(29(27,28)18-5-3-2-4-6-18)14-20(26)23-11-9-22(15-25)10-12-23/h2-8,13,15H,9-12,14H2,1H3. The van der Waals surface area contributed by atoms with Crippen molar-refractivity contribution in [2.75, 3.05) is 37.0 Å². The fourth-order valence-corrected chi connectivity index (χ4v) is 4.83. The minimum Gasteiger partial charge on any atom is -0.342 e. The number of nitrogens with zero attached hydrogens (tertiary/aromatic N) is 3. The van der Waals surface area contributed by atoms with Crippen molar-refractivity contribution >= 4 is 39.6 Å². The van der Waals surface area contributed by atoms with Crippen LogP contribution in [0.3, 0.4) is 0 Å². The van der Waals surface area contributed by atoms with Crippen LogP contribution >= 0.6 is 11.6 Å². The van der Waals surface area contributed by atoms with Crippen molar-refractivity contribution in [1.82, 2.24) is 9.80 Å². The molecule has 154 valence electrons. The number of halogens is 1. The Hall–Kier alpha value is -2.58. The van der Waals surface area contributed by atoms with E-state index in [1.807, 2.05) is 0 Å². The fourth-order valence-electron chi connectivity index (χ4n) is 3.17. The van der Waals surface area contributed by atoms with Crippen molar-refractivity contribution in [2.24, 2.45) is 0 Å². The van der Waals surface area contributed by atoms with Crippen molar-refractivity contribution in [3.05, 3.63) is 59.1 Å². The Morgan fingerprint density at radius 1 is 1.10 bits per heavy atom. The molecule has 29 heavy (non-hydrogen) atoms. The minimum absolute atomic E-state index is 0.0953. The van der Waals surface area contributed by atoms with Crippen LogP contribution in [0.4, 0.5) is 5.69 Å². The summed E-state index contributed by atoms with van der Waals surface area (Å²) in [6, 6.07) is 12.9. The third kappa shape index (κ3) is 4.71. The number of amides is 2. The number of rotatable bonds is 6. The van der Waals surface area contributed by atoms with Gasteiger partial charge in [-0.2, -0.15) is 0 Å². The van der Waals surface area contributed by atoms with E-state index < -0.39 is 10.0 Å². The van der Waals surface area contributed by atoms with Gasteiger partial charge in [0.15, 0.2) is 0 Å². The molecular formula is C20H22ClN3O4S. The van der Waals surface area contributed by atoms with Gasteiger partial charge in [0.1, 0.15) is 6.54 Å². The second kappa shape index (κ2) is 8.84. The number of sulfonamides is 1. The second-order valence-electron chi connectivity index (χ2n) is 6.78. The number of aryl methyl sites for hydroxylation is 1. The predicted octanol–water partition coefficient (Wildman–Crippen LogP) is 2.14. The first-order valence-corrected chi connectivity index (χ1v) is 11.0. The van der Waals surface area contributed by atoms with E-state index in [0.29, 0.717) is 42.5 Å². The van der Waals surface area contributed by atoms with Gasteiger partial charge in [-0.05, 0) is 36.8 Å². The first-order valence-electron chi connectivity index (χ1n) is 9.14. The normalized spacial score (nSPS) is 14.6. The van der Waals surface area contributed by atoms with Crippen molar-refractivity contribution < 1.29 is 18.0 Å². The van der Waals surface area contributed by atoms with Gasteiger partial charge >= 0.3 is 0 Å². The minimum atomic E-state index is -3.98. The maximum Gasteiger partial charge on any atom is 0.264 e. The quantitative estimate of drug-likeness (QED) is 0.651. The van der Waals surface area contributed by atoms with Crippen LogP contribution in [0.15, 0.2) is 53.4 Å². The third-order valence-corrected chi connectivity index (χ3v) is 6.88. The molecule has 1 aliphatic heterocycles. The zero-order valence-corrected chi connectivity index (χ0v) is 17.6. The lowest BCUT2D eigenvalue weighted by molar-refractivity contribution is -0.133. The molecule has 2 aromatic carbocycles. The number of hydrogen-bond donors (Lipinski definition) is 0. The Morgan fingerprint density at radius 3 is 2.38 bits per heavy atom. The molecule has 0 spiro atoms. The summed E-state index contributed by atoms with van der Waals surface area (Å²) in [5.41, 5.74) is 1.05.